The summed E-state index contributed by atoms with van der Waals surface area (Å²) < 4.78 is 11.2. The maximum atomic E-state index is 12.5. The number of ether oxygens (including phenoxy) is 2. The minimum absolute atomic E-state index is 0.0993. The molecule has 0 aromatic heterocycles. The normalized spacial score (nSPS) is 10.7. The minimum atomic E-state index is -0.459. The summed E-state index contributed by atoms with van der Waals surface area (Å²) in [5, 5.41) is 0.525. The molecule has 0 N–H and O–H groups in total. The largest absolute Gasteiger partial charge is 0.494 e. The Labute approximate surface area is 223 Å². The molecule has 0 amide bonds. The lowest BCUT2D eigenvalue weighted by Gasteiger charge is -2.08. The van der Waals surface area contributed by atoms with Crippen molar-refractivity contribution in [2.75, 3.05) is 6.61 Å². The lowest BCUT2D eigenvalue weighted by molar-refractivity contribution is 0.0734. The van der Waals surface area contributed by atoms with Gasteiger partial charge < -0.3 is 9.47 Å². The fourth-order valence-corrected chi connectivity index (χ4v) is 4.47. The molecule has 0 fully saturated rings. The topological polar surface area (TPSA) is 52.6 Å². The number of hydrogen-bond donors (Lipinski definition) is 0. The van der Waals surface area contributed by atoms with Gasteiger partial charge in [-0.2, -0.15) is 0 Å². The Morgan fingerprint density at radius 1 is 0.694 bits per heavy atom. The first kappa shape index (κ1) is 27.8. The van der Waals surface area contributed by atoms with Gasteiger partial charge in [-0.3, -0.25) is 4.79 Å². The van der Waals surface area contributed by atoms with Crippen LogP contribution in [-0.2, 0) is 0 Å². The molecule has 4 nitrogen and oxygen atoms in total. The monoisotopic (exact) mass is 524 g/mol. The second-order valence-corrected chi connectivity index (χ2v) is 10.1. The van der Waals surface area contributed by atoms with Crippen LogP contribution in [-0.4, -0.2) is 17.7 Å². The van der Waals surface area contributed by atoms with Crippen LogP contribution in [0.15, 0.2) is 77.7 Å². The van der Waals surface area contributed by atoms with E-state index in [4.69, 9.17) is 21.1 Å². The van der Waals surface area contributed by atoms with Crippen molar-refractivity contribution in [1.82, 2.24) is 0 Å². The van der Waals surface area contributed by atoms with Crippen LogP contribution in [0, 0.1) is 0 Å². The van der Waals surface area contributed by atoms with Gasteiger partial charge in [-0.05, 0) is 91.0 Å². The van der Waals surface area contributed by atoms with Gasteiger partial charge in [-0.1, -0.05) is 63.5 Å². The van der Waals surface area contributed by atoms with Crippen molar-refractivity contribution in [2.24, 2.45) is 0 Å². The van der Waals surface area contributed by atoms with E-state index in [0.717, 1.165) is 28.8 Å². The van der Waals surface area contributed by atoms with Crippen LogP contribution in [0.1, 0.15) is 79.0 Å². The van der Waals surface area contributed by atoms with E-state index in [2.05, 4.69) is 6.92 Å². The van der Waals surface area contributed by atoms with Gasteiger partial charge in [0.25, 0.3) is 0 Å². The minimum Gasteiger partial charge on any atom is -0.494 e. The summed E-state index contributed by atoms with van der Waals surface area (Å²) in [5.41, 5.74) is 0.959. The smallest absolute Gasteiger partial charge is 0.343 e. The van der Waals surface area contributed by atoms with E-state index >= 15 is 0 Å². The Hall–Kier alpha value is -2.76. The molecular weight excluding hydrogens is 492 g/mol. The maximum absolute atomic E-state index is 12.5. The molecule has 0 spiro atoms. The van der Waals surface area contributed by atoms with Gasteiger partial charge in [0, 0.05) is 15.5 Å². The van der Waals surface area contributed by atoms with Crippen molar-refractivity contribution in [3.63, 3.8) is 0 Å². The highest BCUT2D eigenvalue weighted by molar-refractivity contribution is 8.14. The number of rotatable bonds is 14. The number of halogens is 1. The van der Waals surface area contributed by atoms with Crippen LogP contribution in [0.2, 0.25) is 5.02 Å². The van der Waals surface area contributed by atoms with Gasteiger partial charge in [-0.15, -0.1) is 0 Å². The van der Waals surface area contributed by atoms with Crippen LogP contribution >= 0.6 is 23.4 Å². The Bertz CT molecular complexity index is 1080. The molecule has 36 heavy (non-hydrogen) atoms. The number of hydrogen-bond acceptors (Lipinski definition) is 5. The average molecular weight is 525 g/mol. The van der Waals surface area contributed by atoms with Gasteiger partial charge >= 0.3 is 5.97 Å². The van der Waals surface area contributed by atoms with E-state index in [1.807, 2.05) is 0 Å². The van der Waals surface area contributed by atoms with Crippen LogP contribution in [0.5, 0.6) is 11.5 Å². The molecule has 3 aromatic carbocycles. The third kappa shape index (κ3) is 9.71. The van der Waals surface area contributed by atoms with Gasteiger partial charge in [0.2, 0.25) is 5.12 Å². The molecule has 3 rings (SSSR count). The zero-order valence-electron chi connectivity index (χ0n) is 20.7. The van der Waals surface area contributed by atoms with Crippen molar-refractivity contribution in [2.45, 2.75) is 63.2 Å². The van der Waals surface area contributed by atoms with Crippen molar-refractivity contribution in [3.8, 4) is 11.5 Å². The predicted molar refractivity (Wildman–Crippen MR) is 148 cm³/mol. The van der Waals surface area contributed by atoms with Gasteiger partial charge in [-0.25, -0.2) is 4.79 Å². The number of carbonyl (C=O) groups excluding carboxylic acids is 2. The second-order valence-electron chi connectivity index (χ2n) is 8.61. The molecule has 190 valence electrons. The Morgan fingerprint density at radius 3 is 1.89 bits per heavy atom. The fraction of sp³-hybridized carbons (Fsp3) is 0.333. The molecule has 0 heterocycles. The van der Waals surface area contributed by atoms with Crippen molar-refractivity contribution in [3.05, 3.63) is 88.9 Å². The summed E-state index contributed by atoms with van der Waals surface area (Å²) in [6.07, 6.45) is 10.1. The number of thioether (sulfide) groups is 1. The van der Waals surface area contributed by atoms with Crippen LogP contribution in [0.4, 0.5) is 0 Å². The molecule has 0 aliphatic carbocycles. The predicted octanol–water partition coefficient (Wildman–Crippen LogP) is 9.01. The molecule has 0 radical (unpaired) electrons. The zero-order valence-corrected chi connectivity index (χ0v) is 22.3. The second kappa shape index (κ2) is 15.4. The molecule has 0 aliphatic rings. The van der Waals surface area contributed by atoms with E-state index in [1.54, 1.807) is 72.8 Å². The first-order chi connectivity index (χ1) is 17.5. The van der Waals surface area contributed by atoms with E-state index < -0.39 is 5.97 Å². The quantitative estimate of drug-likeness (QED) is 0.0910. The van der Waals surface area contributed by atoms with E-state index in [9.17, 15) is 9.59 Å². The summed E-state index contributed by atoms with van der Waals surface area (Å²) in [5.74, 6) is 0.665. The van der Waals surface area contributed by atoms with Gasteiger partial charge in [0.05, 0.1) is 12.2 Å². The van der Waals surface area contributed by atoms with Crippen LogP contribution in [0.3, 0.4) is 0 Å². The standard InChI is InChI=1S/C30H33ClO4S/c1-2-3-4-5-6-7-8-9-22-34-26-16-10-23(11-17-26)29(32)35-27-18-12-24(13-19-27)30(33)36-28-20-14-25(31)15-21-28/h10-21H,2-9,22H2,1H3. The molecule has 0 unspecified atom stereocenters. The summed E-state index contributed by atoms with van der Waals surface area (Å²) in [7, 11) is 0. The highest BCUT2D eigenvalue weighted by atomic mass is 35.5. The van der Waals surface area contributed by atoms with E-state index in [1.165, 1.54) is 44.9 Å². The molecule has 3 aromatic rings. The average Bonchev–Trinajstić information content (AvgIpc) is 2.90. The lowest BCUT2D eigenvalue weighted by atomic mass is 10.1. The zero-order chi connectivity index (χ0) is 25.6. The first-order valence-corrected chi connectivity index (χ1v) is 13.8. The molecule has 0 saturated heterocycles. The third-order valence-electron chi connectivity index (χ3n) is 5.68. The fourth-order valence-electron chi connectivity index (χ4n) is 3.61. The number of esters is 1. The lowest BCUT2D eigenvalue weighted by Crippen LogP contribution is -2.08. The highest BCUT2D eigenvalue weighted by Crippen LogP contribution is 2.25. The first-order valence-electron chi connectivity index (χ1n) is 12.6. The summed E-state index contributed by atoms with van der Waals surface area (Å²) >= 11 is 7.00. The molecular formula is C30H33ClO4S. The molecule has 6 heteroatoms. The maximum Gasteiger partial charge on any atom is 0.343 e. The number of unbranched alkanes of at least 4 members (excludes halogenated alkanes) is 7. The molecule has 0 atom stereocenters. The Kier molecular flexibility index (Phi) is 11.9. The molecule has 0 saturated carbocycles. The van der Waals surface area contributed by atoms with Crippen molar-refractivity contribution >= 4 is 34.4 Å². The molecule has 0 aliphatic heterocycles. The van der Waals surface area contributed by atoms with Crippen LogP contribution in [0.25, 0.3) is 0 Å². The summed E-state index contributed by atoms with van der Waals surface area (Å²) in [4.78, 5) is 25.8. The van der Waals surface area contributed by atoms with E-state index in [0.29, 0.717) is 28.5 Å². The highest BCUT2D eigenvalue weighted by Gasteiger charge is 2.12. The third-order valence-corrected chi connectivity index (χ3v) is 6.86. The van der Waals surface area contributed by atoms with Crippen LogP contribution < -0.4 is 9.47 Å². The van der Waals surface area contributed by atoms with Gasteiger partial charge in [0.15, 0.2) is 0 Å². The number of carbonyl (C=O) groups is 2. The van der Waals surface area contributed by atoms with Gasteiger partial charge in [0.1, 0.15) is 11.5 Å². The summed E-state index contributed by atoms with van der Waals surface area (Å²) in [6, 6.07) is 20.6. The Morgan fingerprint density at radius 2 is 1.25 bits per heavy atom. The van der Waals surface area contributed by atoms with E-state index in [-0.39, 0.29) is 5.12 Å². The Balaban J connectivity index is 1.39. The summed E-state index contributed by atoms with van der Waals surface area (Å²) in [6.45, 7) is 2.92. The molecule has 0 bridgehead atoms. The van der Waals surface area contributed by atoms with Crippen molar-refractivity contribution < 1.29 is 19.1 Å². The number of benzene rings is 3. The van der Waals surface area contributed by atoms with Crippen molar-refractivity contribution in [1.29, 1.82) is 0 Å². The SMILES string of the molecule is CCCCCCCCCCOc1ccc(C(=O)Oc2ccc(C(=O)Sc3ccc(Cl)cc3)cc2)cc1.